The Morgan fingerprint density at radius 3 is 3.13 bits per heavy atom. The van der Waals surface area contributed by atoms with Gasteiger partial charge in [-0.3, -0.25) is 9.48 Å². The minimum Gasteiger partial charge on any atom is -0.383 e. The first-order valence-electron chi connectivity index (χ1n) is 4.55. The van der Waals surface area contributed by atoms with E-state index in [0.29, 0.717) is 29.7 Å². The van der Waals surface area contributed by atoms with Gasteiger partial charge in [0.2, 0.25) is 0 Å². The molecular weight excluding hydrogens is 260 g/mol. The fourth-order valence-corrected chi connectivity index (χ4v) is 1.73. The van der Waals surface area contributed by atoms with Gasteiger partial charge in [-0.1, -0.05) is 6.08 Å². The van der Waals surface area contributed by atoms with Crippen molar-refractivity contribution in [1.82, 2.24) is 9.78 Å². The first kappa shape index (κ1) is 12.1. The summed E-state index contributed by atoms with van der Waals surface area (Å²) in [6.45, 7) is 4.64. The molecule has 1 rings (SSSR count). The molecule has 5 heteroatoms. The van der Waals surface area contributed by atoms with Crippen molar-refractivity contribution in [1.29, 1.82) is 0 Å². The normalized spacial score (nSPS) is 10.3. The third-order valence-electron chi connectivity index (χ3n) is 1.90. The van der Waals surface area contributed by atoms with Crippen LogP contribution in [0.3, 0.4) is 0 Å². The van der Waals surface area contributed by atoms with E-state index < -0.39 is 0 Å². The van der Waals surface area contributed by atoms with Crippen LogP contribution in [0.2, 0.25) is 0 Å². The van der Waals surface area contributed by atoms with Gasteiger partial charge in [0.25, 0.3) is 0 Å². The second kappa shape index (κ2) is 5.82. The molecule has 0 fully saturated rings. The molecule has 4 nitrogen and oxygen atoms in total. The lowest BCUT2D eigenvalue weighted by Gasteiger charge is -2.05. The van der Waals surface area contributed by atoms with Crippen LogP contribution in [0.15, 0.2) is 23.3 Å². The maximum Gasteiger partial charge on any atom is 0.185 e. The molecule has 0 aromatic carbocycles. The van der Waals surface area contributed by atoms with Crippen molar-refractivity contribution >= 4 is 21.7 Å². The number of Topliss-reactive ketones (excluding diaryl/α,β-unsaturated/α-hetero) is 1. The first-order valence-corrected chi connectivity index (χ1v) is 5.34. The summed E-state index contributed by atoms with van der Waals surface area (Å²) in [5.41, 5.74) is 0.576. The Kier molecular flexibility index (Phi) is 4.71. The van der Waals surface area contributed by atoms with Gasteiger partial charge >= 0.3 is 0 Å². The van der Waals surface area contributed by atoms with Crippen LogP contribution in [-0.2, 0) is 11.3 Å². The van der Waals surface area contributed by atoms with Gasteiger partial charge in [-0.15, -0.1) is 6.58 Å². The largest absolute Gasteiger partial charge is 0.383 e. The second-order valence-electron chi connectivity index (χ2n) is 2.97. The van der Waals surface area contributed by atoms with Crippen LogP contribution in [0.1, 0.15) is 16.9 Å². The molecule has 0 N–H and O–H groups in total. The number of carbonyl (C=O) groups excluding carboxylic acids is 1. The van der Waals surface area contributed by atoms with Crippen LogP contribution in [-0.4, -0.2) is 29.3 Å². The molecular formula is C10H13BrN2O2. The van der Waals surface area contributed by atoms with Crippen LogP contribution in [0, 0.1) is 0 Å². The molecule has 0 unspecified atom stereocenters. The molecule has 0 atom stereocenters. The zero-order valence-corrected chi connectivity index (χ0v) is 10.2. The Bertz CT molecular complexity index is 360. The highest BCUT2D eigenvalue weighted by Gasteiger charge is 2.15. The number of aromatic nitrogens is 2. The average Bonchev–Trinajstić information content (AvgIpc) is 2.57. The van der Waals surface area contributed by atoms with Crippen molar-refractivity contribution in [3.8, 4) is 0 Å². The summed E-state index contributed by atoms with van der Waals surface area (Å²) in [7, 11) is 1.61. The summed E-state index contributed by atoms with van der Waals surface area (Å²) in [6, 6.07) is 0. The van der Waals surface area contributed by atoms with Gasteiger partial charge in [0, 0.05) is 13.5 Å². The van der Waals surface area contributed by atoms with Crippen molar-refractivity contribution in [3.05, 3.63) is 29.0 Å². The van der Waals surface area contributed by atoms with Gasteiger partial charge < -0.3 is 4.74 Å². The lowest BCUT2D eigenvalue weighted by molar-refractivity contribution is 0.0981. The maximum absolute atomic E-state index is 11.7. The number of methoxy groups -OCH3 is 1. The van der Waals surface area contributed by atoms with Gasteiger partial charge in [-0.05, 0) is 15.9 Å². The Morgan fingerprint density at radius 1 is 1.80 bits per heavy atom. The molecule has 0 bridgehead atoms. The monoisotopic (exact) mass is 272 g/mol. The number of ketones is 1. The fourth-order valence-electron chi connectivity index (χ4n) is 1.21. The lowest BCUT2D eigenvalue weighted by Crippen LogP contribution is -2.13. The van der Waals surface area contributed by atoms with Gasteiger partial charge in [-0.25, -0.2) is 0 Å². The van der Waals surface area contributed by atoms with E-state index in [1.165, 1.54) is 0 Å². The number of ether oxygens (including phenoxy) is 1. The van der Waals surface area contributed by atoms with E-state index in [0.717, 1.165) is 0 Å². The van der Waals surface area contributed by atoms with E-state index in [-0.39, 0.29) is 5.78 Å². The Hall–Kier alpha value is -0.940. The van der Waals surface area contributed by atoms with E-state index >= 15 is 0 Å². The molecule has 82 valence electrons. The summed E-state index contributed by atoms with van der Waals surface area (Å²) >= 11 is 3.30. The number of nitrogens with zero attached hydrogens (tertiary/aromatic N) is 2. The molecule has 1 heterocycles. The van der Waals surface area contributed by atoms with Crippen LogP contribution >= 0.6 is 15.9 Å². The molecule has 0 saturated heterocycles. The highest BCUT2D eigenvalue weighted by molar-refractivity contribution is 9.10. The van der Waals surface area contributed by atoms with Gasteiger partial charge in [0.1, 0.15) is 5.69 Å². The average molecular weight is 273 g/mol. The van der Waals surface area contributed by atoms with Gasteiger partial charge in [0.05, 0.1) is 23.8 Å². The molecule has 0 saturated carbocycles. The summed E-state index contributed by atoms with van der Waals surface area (Å²) in [5.74, 6) is 0.00507. The maximum atomic E-state index is 11.7. The highest BCUT2D eigenvalue weighted by Crippen LogP contribution is 2.17. The molecule has 0 radical (unpaired) electrons. The molecule has 1 aromatic heterocycles. The molecule has 0 aliphatic rings. The Balaban J connectivity index is 2.88. The molecule has 0 aliphatic carbocycles. The van der Waals surface area contributed by atoms with Crippen LogP contribution in [0.5, 0.6) is 0 Å². The standard InChI is InChI=1S/C10H13BrN2O2/c1-3-4-9(14)10-8(11)7-12-13(10)5-6-15-2/h3,7H,1,4-6H2,2H3. The summed E-state index contributed by atoms with van der Waals surface area (Å²) in [4.78, 5) is 11.7. The number of allylic oxidation sites excluding steroid dienone is 1. The Morgan fingerprint density at radius 2 is 2.53 bits per heavy atom. The quantitative estimate of drug-likeness (QED) is 0.588. The van der Waals surface area contributed by atoms with Crippen molar-refractivity contribution in [3.63, 3.8) is 0 Å². The smallest absolute Gasteiger partial charge is 0.185 e. The van der Waals surface area contributed by atoms with Crippen molar-refractivity contribution in [2.75, 3.05) is 13.7 Å². The van der Waals surface area contributed by atoms with Crippen molar-refractivity contribution in [2.24, 2.45) is 0 Å². The fraction of sp³-hybridized carbons (Fsp3) is 0.400. The third-order valence-corrected chi connectivity index (χ3v) is 2.48. The van der Waals surface area contributed by atoms with Gasteiger partial charge in [-0.2, -0.15) is 5.10 Å². The minimum absolute atomic E-state index is 0.00507. The zero-order chi connectivity index (χ0) is 11.3. The molecule has 0 spiro atoms. The molecule has 1 aromatic rings. The predicted molar refractivity (Wildman–Crippen MR) is 60.9 cm³/mol. The Labute approximate surface area is 97.0 Å². The van der Waals surface area contributed by atoms with E-state index in [2.05, 4.69) is 27.6 Å². The molecule has 0 amide bonds. The number of rotatable bonds is 6. The van der Waals surface area contributed by atoms with Crippen molar-refractivity contribution in [2.45, 2.75) is 13.0 Å². The summed E-state index contributed by atoms with van der Waals surface area (Å²) < 4.78 is 7.29. The van der Waals surface area contributed by atoms with Crippen LogP contribution in [0.25, 0.3) is 0 Å². The van der Waals surface area contributed by atoms with Crippen molar-refractivity contribution < 1.29 is 9.53 Å². The van der Waals surface area contributed by atoms with E-state index in [9.17, 15) is 4.79 Å². The summed E-state index contributed by atoms with van der Waals surface area (Å²) in [5, 5.41) is 4.09. The van der Waals surface area contributed by atoms with Gasteiger partial charge in [0.15, 0.2) is 5.78 Å². The highest BCUT2D eigenvalue weighted by atomic mass is 79.9. The second-order valence-corrected chi connectivity index (χ2v) is 3.83. The van der Waals surface area contributed by atoms with Crippen LogP contribution < -0.4 is 0 Å². The minimum atomic E-state index is 0.00507. The predicted octanol–water partition coefficient (Wildman–Crippen LogP) is 2.05. The lowest BCUT2D eigenvalue weighted by atomic mass is 10.2. The number of halogens is 1. The van der Waals surface area contributed by atoms with E-state index in [1.807, 2.05) is 0 Å². The topological polar surface area (TPSA) is 44.1 Å². The zero-order valence-electron chi connectivity index (χ0n) is 8.57. The molecule has 0 aliphatic heterocycles. The summed E-state index contributed by atoms with van der Waals surface area (Å²) in [6.07, 6.45) is 3.52. The molecule has 15 heavy (non-hydrogen) atoms. The SMILES string of the molecule is C=CCC(=O)c1c(Br)cnn1CCOC. The van der Waals surface area contributed by atoms with E-state index in [4.69, 9.17) is 4.74 Å². The first-order chi connectivity index (χ1) is 7.20. The third kappa shape index (κ3) is 3.00. The van der Waals surface area contributed by atoms with E-state index in [1.54, 1.807) is 24.1 Å². The number of hydrogen-bond acceptors (Lipinski definition) is 3. The van der Waals surface area contributed by atoms with Crippen LogP contribution in [0.4, 0.5) is 0 Å². The number of hydrogen-bond donors (Lipinski definition) is 0. The number of carbonyl (C=O) groups is 1.